The van der Waals surface area contributed by atoms with Crippen molar-refractivity contribution in [1.29, 1.82) is 0 Å². The third-order valence-electron chi connectivity index (χ3n) is 5.57. The topological polar surface area (TPSA) is 19.7 Å². The fourth-order valence-electron chi connectivity index (χ4n) is 4.23. The van der Waals surface area contributed by atoms with Crippen molar-refractivity contribution < 1.29 is 0 Å². The zero-order valence-corrected chi connectivity index (χ0v) is 18.4. The summed E-state index contributed by atoms with van der Waals surface area (Å²) in [5.74, 6) is 0. The summed E-state index contributed by atoms with van der Waals surface area (Å²) >= 11 is 0. The molecular formula is C23H31Cl2N3. The van der Waals surface area contributed by atoms with E-state index >= 15 is 0 Å². The van der Waals surface area contributed by atoms with E-state index in [4.69, 9.17) is 0 Å². The van der Waals surface area contributed by atoms with Gasteiger partial charge in [-0.3, -0.25) is 0 Å². The lowest BCUT2D eigenvalue weighted by Gasteiger charge is -2.14. The van der Waals surface area contributed by atoms with Gasteiger partial charge in [-0.15, -0.1) is 24.8 Å². The van der Waals surface area contributed by atoms with E-state index in [2.05, 4.69) is 77.4 Å². The van der Waals surface area contributed by atoms with E-state index in [0.717, 1.165) is 19.5 Å². The molecule has 152 valence electrons. The molecule has 0 spiro atoms. The van der Waals surface area contributed by atoms with E-state index in [0.29, 0.717) is 0 Å². The Hall–Kier alpha value is -1.68. The average Bonchev–Trinajstić information content (AvgIpc) is 3.00. The second kappa shape index (κ2) is 10.2. The van der Waals surface area contributed by atoms with Crippen LogP contribution in [0.5, 0.6) is 0 Å². The maximum absolute atomic E-state index is 3.65. The highest BCUT2D eigenvalue weighted by Gasteiger charge is 2.19. The number of halogens is 2. The molecule has 0 fully saturated rings. The molecule has 0 saturated heterocycles. The number of hydrogen-bond acceptors (Lipinski definition) is 2. The fourth-order valence-corrected chi connectivity index (χ4v) is 4.23. The number of rotatable bonds is 6. The minimum absolute atomic E-state index is 0. The predicted molar refractivity (Wildman–Crippen MR) is 125 cm³/mol. The summed E-state index contributed by atoms with van der Waals surface area (Å²) in [4.78, 5) is 2.16. The second-order valence-electron chi connectivity index (χ2n) is 7.56. The Labute approximate surface area is 181 Å². The van der Waals surface area contributed by atoms with Gasteiger partial charge in [0.05, 0.1) is 0 Å². The number of aromatic nitrogens is 1. The van der Waals surface area contributed by atoms with E-state index in [-0.39, 0.29) is 24.8 Å². The first-order valence-corrected chi connectivity index (χ1v) is 9.80. The Morgan fingerprint density at radius 1 is 1.00 bits per heavy atom. The van der Waals surface area contributed by atoms with E-state index in [1.54, 1.807) is 16.8 Å². The number of hydrogen-bond donors (Lipinski definition) is 1. The minimum Gasteiger partial charge on any atom is -0.378 e. The number of anilines is 1. The molecule has 2 heterocycles. The van der Waals surface area contributed by atoms with Crippen LogP contribution < -0.4 is 10.2 Å². The molecule has 3 aromatic rings. The molecular weight excluding hydrogens is 389 g/mol. The van der Waals surface area contributed by atoms with E-state index in [9.17, 15) is 0 Å². The summed E-state index contributed by atoms with van der Waals surface area (Å²) in [6.07, 6.45) is 8.48. The molecule has 1 N–H and O–H groups in total. The van der Waals surface area contributed by atoms with Gasteiger partial charge in [-0.1, -0.05) is 18.2 Å². The number of pyridine rings is 1. The van der Waals surface area contributed by atoms with Crippen molar-refractivity contribution in [3.05, 3.63) is 71.0 Å². The largest absolute Gasteiger partial charge is 0.378 e. The van der Waals surface area contributed by atoms with Crippen molar-refractivity contribution in [3.63, 3.8) is 0 Å². The molecule has 0 radical (unpaired) electrons. The van der Waals surface area contributed by atoms with E-state index in [1.807, 2.05) is 0 Å². The lowest BCUT2D eigenvalue weighted by atomic mass is 9.93. The average molecular weight is 420 g/mol. The lowest BCUT2D eigenvalue weighted by Crippen LogP contribution is -2.18. The van der Waals surface area contributed by atoms with Gasteiger partial charge in [-0.2, -0.15) is 0 Å². The normalized spacial score (nSPS) is 12.8. The summed E-state index contributed by atoms with van der Waals surface area (Å²) in [5, 5.41) is 3.65. The molecule has 1 aliphatic rings. The van der Waals surface area contributed by atoms with Crippen LogP contribution in [0.2, 0.25) is 0 Å². The number of fused-ring (bicyclic) bond motifs is 3. The highest BCUT2D eigenvalue weighted by molar-refractivity contribution is 5.85. The Morgan fingerprint density at radius 2 is 1.82 bits per heavy atom. The summed E-state index contributed by atoms with van der Waals surface area (Å²) < 4.78 is 2.43. The standard InChI is InChI=1S/C23H29N3.2ClH/c1-25(2)19-9-7-8-18(16-19)17-24-14-13-21-20-10-3-4-11-22(20)26-15-6-5-12-23(21)26;;/h5-9,12,15-16,24H,3-4,10-11,13-14,17H2,1-2H3;2*1H. The molecule has 1 aliphatic carbocycles. The van der Waals surface area contributed by atoms with Gasteiger partial charge >= 0.3 is 0 Å². The van der Waals surface area contributed by atoms with Crippen LogP contribution in [-0.4, -0.2) is 25.0 Å². The lowest BCUT2D eigenvalue weighted by molar-refractivity contribution is 0.656. The first-order chi connectivity index (χ1) is 12.7. The molecule has 28 heavy (non-hydrogen) atoms. The van der Waals surface area contributed by atoms with Crippen molar-refractivity contribution >= 4 is 36.0 Å². The van der Waals surface area contributed by atoms with E-state index < -0.39 is 0 Å². The van der Waals surface area contributed by atoms with Crippen LogP contribution in [0.4, 0.5) is 5.69 Å². The van der Waals surface area contributed by atoms with Crippen molar-refractivity contribution in [2.24, 2.45) is 0 Å². The van der Waals surface area contributed by atoms with Gasteiger partial charge in [0.2, 0.25) is 0 Å². The highest BCUT2D eigenvalue weighted by atomic mass is 35.5. The molecule has 0 unspecified atom stereocenters. The summed E-state index contributed by atoms with van der Waals surface area (Å²) in [6.45, 7) is 1.95. The molecule has 3 nitrogen and oxygen atoms in total. The van der Waals surface area contributed by atoms with Crippen LogP contribution in [0, 0.1) is 0 Å². The van der Waals surface area contributed by atoms with Crippen LogP contribution in [0.3, 0.4) is 0 Å². The number of nitrogens with one attached hydrogen (secondary N) is 1. The van der Waals surface area contributed by atoms with Gasteiger partial charge in [0.25, 0.3) is 0 Å². The molecule has 1 aromatic carbocycles. The van der Waals surface area contributed by atoms with Crippen LogP contribution >= 0.6 is 24.8 Å². The molecule has 2 aromatic heterocycles. The Morgan fingerprint density at radius 3 is 2.64 bits per heavy atom. The summed E-state index contributed by atoms with van der Waals surface area (Å²) in [7, 11) is 4.18. The number of aryl methyl sites for hydroxylation is 1. The van der Waals surface area contributed by atoms with Gasteiger partial charge in [-0.05, 0) is 79.6 Å². The van der Waals surface area contributed by atoms with Gasteiger partial charge in [0.1, 0.15) is 0 Å². The fraction of sp³-hybridized carbons (Fsp3) is 0.391. The zero-order chi connectivity index (χ0) is 17.9. The zero-order valence-electron chi connectivity index (χ0n) is 16.8. The van der Waals surface area contributed by atoms with Crippen LogP contribution in [0.1, 0.15) is 35.2 Å². The van der Waals surface area contributed by atoms with Crippen molar-refractivity contribution in [3.8, 4) is 0 Å². The first-order valence-electron chi connectivity index (χ1n) is 9.80. The van der Waals surface area contributed by atoms with Gasteiger partial charge in [0, 0.05) is 43.7 Å². The van der Waals surface area contributed by atoms with Gasteiger partial charge in [0.15, 0.2) is 0 Å². The highest BCUT2D eigenvalue weighted by Crippen LogP contribution is 2.30. The number of benzene rings is 1. The molecule has 0 saturated carbocycles. The molecule has 0 bridgehead atoms. The molecule has 0 atom stereocenters. The number of nitrogens with zero attached hydrogens (tertiary/aromatic N) is 2. The molecule has 5 heteroatoms. The molecule has 0 aliphatic heterocycles. The third kappa shape index (κ3) is 4.65. The monoisotopic (exact) mass is 419 g/mol. The van der Waals surface area contributed by atoms with Crippen molar-refractivity contribution in [1.82, 2.24) is 9.72 Å². The maximum atomic E-state index is 3.65. The Kier molecular flexibility index (Phi) is 8.23. The molecule has 0 amide bonds. The summed E-state index contributed by atoms with van der Waals surface area (Å²) in [5.41, 5.74) is 8.77. The van der Waals surface area contributed by atoms with Crippen LogP contribution in [0.15, 0.2) is 48.7 Å². The van der Waals surface area contributed by atoms with Crippen LogP contribution in [0.25, 0.3) is 5.52 Å². The maximum Gasteiger partial charge on any atom is 0.0488 e. The van der Waals surface area contributed by atoms with Gasteiger partial charge in [-0.25, -0.2) is 0 Å². The predicted octanol–water partition coefficient (Wildman–Crippen LogP) is 5.06. The van der Waals surface area contributed by atoms with E-state index in [1.165, 1.54) is 42.5 Å². The smallest absolute Gasteiger partial charge is 0.0488 e. The first kappa shape index (κ1) is 22.6. The van der Waals surface area contributed by atoms with Crippen molar-refractivity contribution in [2.75, 3.05) is 25.5 Å². The SMILES string of the molecule is CN(C)c1cccc(CNCCc2c3c(n4ccccc24)CCCC3)c1.Cl.Cl. The Balaban J connectivity index is 0.00000140. The second-order valence-corrected chi connectivity index (χ2v) is 7.56. The molecule has 4 rings (SSSR count). The van der Waals surface area contributed by atoms with Crippen molar-refractivity contribution in [2.45, 2.75) is 38.6 Å². The third-order valence-corrected chi connectivity index (χ3v) is 5.57. The van der Waals surface area contributed by atoms with Gasteiger partial charge < -0.3 is 14.6 Å². The van der Waals surface area contributed by atoms with Crippen LogP contribution in [-0.2, 0) is 25.8 Å². The minimum atomic E-state index is 0. The quantitative estimate of drug-likeness (QED) is 0.563. The Bertz CT molecular complexity index is 902. The summed E-state index contributed by atoms with van der Waals surface area (Å²) in [6, 6.07) is 15.4.